The number of likely N-dealkylation sites (tertiary alicyclic amines) is 1. The maximum Gasteiger partial charge on any atom is 0.410 e. The van der Waals surface area contributed by atoms with E-state index in [4.69, 9.17) is 4.74 Å². The van der Waals surface area contributed by atoms with Crippen molar-refractivity contribution in [1.29, 1.82) is 0 Å². The first-order valence-corrected chi connectivity index (χ1v) is 11.1. The third kappa shape index (κ3) is 5.72. The molecule has 0 aromatic heterocycles. The first-order valence-electron chi connectivity index (χ1n) is 7.58. The summed E-state index contributed by atoms with van der Waals surface area (Å²) in [6, 6.07) is -0.295. The van der Waals surface area contributed by atoms with E-state index in [-0.39, 0.29) is 12.1 Å². The van der Waals surface area contributed by atoms with Crippen LogP contribution in [0.5, 0.6) is 0 Å². The summed E-state index contributed by atoms with van der Waals surface area (Å²) < 4.78 is 5.43. The van der Waals surface area contributed by atoms with E-state index in [0.717, 1.165) is 12.8 Å². The van der Waals surface area contributed by atoms with Crippen LogP contribution in [0.25, 0.3) is 0 Å². The van der Waals surface area contributed by atoms with E-state index in [1.54, 1.807) is 11.8 Å². The van der Waals surface area contributed by atoms with E-state index in [1.165, 1.54) is 0 Å². The zero-order valence-electron chi connectivity index (χ0n) is 14.4. The summed E-state index contributed by atoms with van der Waals surface area (Å²) in [4.78, 5) is 13.9. The predicted molar refractivity (Wildman–Crippen MR) is 87.7 cm³/mol. The Bertz CT molecular complexity index is 449. The highest BCUT2D eigenvalue weighted by Gasteiger charge is 2.42. The smallest absolute Gasteiger partial charge is 0.410 e. The van der Waals surface area contributed by atoms with Crippen molar-refractivity contribution in [3.8, 4) is 11.5 Å². The molecule has 0 spiro atoms. The molecule has 5 heteroatoms. The van der Waals surface area contributed by atoms with E-state index in [1.807, 2.05) is 20.8 Å². The van der Waals surface area contributed by atoms with Gasteiger partial charge in [0.2, 0.25) is 0 Å². The van der Waals surface area contributed by atoms with Crippen LogP contribution >= 0.6 is 0 Å². The predicted octanol–water partition coefficient (Wildman–Crippen LogP) is 3.02. The van der Waals surface area contributed by atoms with Gasteiger partial charge in [0.1, 0.15) is 19.3 Å². The highest BCUT2D eigenvalue weighted by atomic mass is 28.3. The van der Waals surface area contributed by atoms with Gasteiger partial charge in [-0.25, -0.2) is 4.79 Å². The van der Waals surface area contributed by atoms with Crippen LogP contribution in [0.3, 0.4) is 0 Å². The molecular formula is C16H29NO3Si. The Balaban J connectivity index is 2.89. The van der Waals surface area contributed by atoms with Gasteiger partial charge in [-0.2, -0.15) is 0 Å². The van der Waals surface area contributed by atoms with Gasteiger partial charge in [-0.15, -0.1) is 5.54 Å². The van der Waals surface area contributed by atoms with Gasteiger partial charge in [0, 0.05) is 6.54 Å². The summed E-state index contributed by atoms with van der Waals surface area (Å²) in [5.41, 5.74) is 1.49. The summed E-state index contributed by atoms with van der Waals surface area (Å²) >= 11 is 0. The molecule has 0 bridgehead atoms. The first kappa shape index (κ1) is 18.1. The maximum atomic E-state index is 12.3. The Morgan fingerprint density at radius 2 is 1.86 bits per heavy atom. The first-order chi connectivity index (χ1) is 9.32. The number of hydrogen-bond acceptors (Lipinski definition) is 3. The van der Waals surface area contributed by atoms with Gasteiger partial charge >= 0.3 is 6.09 Å². The molecular weight excluding hydrogens is 282 g/mol. The van der Waals surface area contributed by atoms with Crippen LogP contribution in [-0.4, -0.2) is 48.0 Å². The molecule has 0 aromatic carbocycles. The van der Waals surface area contributed by atoms with E-state index in [0.29, 0.717) is 6.54 Å². The number of rotatable bonds is 1. The summed E-state index contributed by atoms with van der Waals surface area (Å²) in [6.45, 7) is 14.3. The van der Waals surface area contributed by atoms with Gasteiger partial charge in [-0.3, -0.25) is 0 Å². The van der Waals surface area contributed by atoms with Crippen molar-refractivity contribution in [1.82, 2.24) is 4.90 Å². The molecule has 1 aliphatic rings. The maximum absolute atomic E-state index is 12.3. The quantitative estimate of drug-likeness (QED) is 0.598. The number of aliphatic hydroxyl groups is 1. The number of amides is 1. The summed E-state index contributed by atoms with van der Waals surface area (Å²) in [5.74, 6) is 3.01. The lowest BCUT2D eigenvalue weighted by Gasteiger charge is -2.34. The van der Waals surface area contributed by atoms with Crippen molar-refractivity contribution in [2.75, 3.05) is 6.54 Å². The largest absolute Gasteiger partial charge is 0.444 e. The van der Waals surface area contributed by atoms with Crippen molar-refractivity contribution in [2.24, 2.45) is 0 Å². The van der Waals surface area contributed by atoms with Crippen LogP contribution in [0, 0.1) is 11.5 Å². The van der Waals surface area contributed by atoms with Crippen LogP contribution < -0.4 is 0 Å². The molecule has 1 rings (SSSR count). The van der Waals surface area contributed by atoms with Gasteiger partial charge in [0.05, 0.1) is 6.04 Å². The Labute approximate surface area is 129 Å². The average molecular weight is 311 g/mol. The van der Waals surface area contributed by atoms with Crippen molar-refractivity contribution in [3.05, 3.63) is 0 Å². The molecule has 1 fully saturated rings. The molecule has 1 aliphatic heterocycles. The van der Waals surface area contributed by atoms with Crippen LogP contribution in [-0.2, 0) is 4.74 Å². The van der Waals surface area contributed by atoms with Crippen LogP contribution in [0.15, 0.2) is 0 Å². The molecule has 0 aromatic rings. The molecule has 1 N–H and O–H groups in total. The summed E-state index contributed by atoms with van der Waals surface area (Å²) in [7, 11) is -1.56. The molecule has 0 aliphatic carbocycles. The molecule has 2 atom stereocenters. The number of hydrogen-bond donors (Lipinski definition) is 1. The fraction of sp³-hybridized carbons (Fsp3) is 0.812. The molecule has 1 heterocycles. The molecule has 4 nitrogen and oxygen atoms in total. The SMILES string of the molecule is CC(C)(C)OC(=O)N1CCC[C@H]1[C@@](C)(O)C#C[Si](C)(C)C. The Morgan fingerprint density at radius 1 is 1.29 bits per heavy atom. The van der Waals surface area contributed by atoms with Gasteiger partial charge in [0.15, 0.2) is 0 Å². The van der Waals surface area contributed by atoms with Crippen LogP contribution in [0.2, 0.25) is 19.6 Å². The molecule has 0 saturated carbocycles. The minimum Gasteiger partial charge on any atom is -0.444 e. The van der Waals surface area contributed by atoms with Crippen molar-refractivity contribution in [3.63, 3.8) is 0 Å². The van der Waals surface area contributed by atoms with E-state index in [2.05, 4.69) is 31.1 Å². The Morgan fingerprint density at radius 3 is 2.33 bits per heavy atom. The number of carbonyl (C=O) groups is 1. The lowest BCUT2D eigenvalue weighted by molar-refractivity contribution is -0.00816. The van der Waals surface area contributed by atoms with Crippen molar-refractivity contribution in [2.45, 2.75) is 77.4 Å². The number of carbonyl (C=O) groups excluding carboxylic acids is 1. The second-order valence-electron chi connectivity index (χ2n) is 7.98. The average Bonchev–Trinajstić information content (AvgIpc) is 2.72. The highest BCUT2D eigenvalue weighted by molar-refractivity contribution is 6.83. The zero-order chi connectivity index (χ0) is 16.5. The number of nitrogens with zero attached hydrogens (tertiary/aromatic N) is 1. The Kier molecular flexibility index (Phi) is 5.17. The lowest BCUT2D eigenvalue weighted by atomic mass is 9.95. The van der Waals surface area contributed by atoms with Crippen LogP contribution in [0.4, 0.5) is 4.79 Å². The van der Waals surface area contributed by atoms with Crippen molar-refractivity contribution < 1.29 is 14.6 Å². The van der Waals surface area contributed by atoms with E-state index < -0.39 is 19.3 Å². The summed E-state index contributed by atoms with van der Waals surface area (Å²) in [5, 5.41) is 10.7. The monoisotopic (exact) mass is 311 g/mol. The molecule has 0 radical (unpaired) electrons. The molecule has 21 heavy (non-hydrogen) atoms. The van der Waals surface area contributed by atoms with Gasteiger partial charge in [0.25, 0.3) is 0 Å². The molecule has 120 valence electrons. The molecule has 1 saturated heterocycles. The van der Waals surface area contributed by atoms with Gasteiger partial charge in [-0.05, 0) is 40.5 Å². The topological polar surface area (TPSA) is 49.8 Å². The minimum atomic E-state index is -1.56. The van der Waals surface area contributed by atoms with Gasteiger partial charge in [-0.1, -0.05) is 25.6 Å². The van der Waals surface area contributed by atoms with Crippen molar-refractivity contribution >= 4 is 14.2 Å². The second kappa shape index (κ2) is 6.02. The van der Waals surface area contributed by atoms with E-state index in [9.17, 15) is 9.90 Å². The fourth-order valence-electron chi connectivity index (χ4n) is 2.29. The normalized spacial score (nSPS) is 22.3. The second-order valence-corrected chi connectivity index (χ2v) is 12.7. The molecule has 1 amide bonds. The third-order valence-electron chi connectivity index (χ3n) is 3.22. The standard InChI is InChI=1S/C16H29NO3Si/c1-15(2,3)20-14(18)17-11-8-9-13(17)16(4,19)10-12-21(5,6)7/h13,19H,8-9,11H2,1-7H3/t13-,16-/m0/s1. The lowest BCUT2D eigenvalue weighted by Crippen LogP contribution is -2.50. The minimum absolute atomic E-state index is 0.295. The summed E-state index contributed by atoms with van der Waals surface area (Å²) in [6.07, 6.45) is 1.27. The fourth-order valence-corrected chi connectivity index (χ4v) is 2.92. The Hall–Kier alpha value is -0.993. The van der Waals surface area contributed by atoms with E-state index >= 15 is 0 Å². The molecule has 0 unspecified atom stereocenters. The van der Waals surface area contributed by atoms with Crippen LogP contribution in [0.1, 0.15) is 40.5 Å². The van der Waals surface area contributed by atoms with Gasteiger partial charge < -0.3 is 14.7 Å². The third-order valence-corrected chi connectivity index (χ3v) is 4.10. The number of ether oxygens (including phenoxy) is 1. The zero-order valence-corrected chi connectivity index (χ0v) is 15.4. The highest BCUT2D eigenvalue weighted by Crippen LogP contribution is 2.28.